The van der Waals surface area contributed by atoms with Crippen LogP contribution in [0.5, 0.6) is 5.75 Å². The van der Waals surface area contributed by atoms with Crippen molar-refractivity contribution in [2.24, 2.45) is 0 Å². The van der Waals surface area contributed by atoms with E-state index in [0.717, 1.165) is 10.0 Å². The molecule has 122 valence electrons. The van der Waals surface area contributed by atoms with E-state index in [-0.39, 0.29) is 5.56 Å². The van der Waals surface area contributed by atoms with Crippen molar-refractivity contribution in [2.45, 2.75) is 6.92 Å². The third-order valence-corrected chi connectivity index (χ3v) is 4.11. The summed E-state index contributed by atoms with van der Waals surface area (Å²) in [5.74, 6) is 0.102. The maximum Gasteiger partial charge on any atom is 0.349 e. The van der Waals surface area contributed by atoms with Gasteiger partial charge in [0.15, 0.2) is 0 Å². The van der Waals surface area contributed by atoms with Crippen LogP contribution >= 0.6 is 15.9 Å². The summed E-state index contributed by atoms with van der Waals surface area (Å²) < 4.78 is 11.3. The number of hydrogen-bond acceptors (Lipinski definition) is 4. The van der Waals surface area contributed by atoms with Gasteiger partial charge in [-0.3, -0.25) is 4.79 Å². The number of carbonyl (C=O) groups excluding carboxylic acids is 1. The molecule has 3 aromatic rings. The third kappa shape index (κ3) is 3.19. The number of benzene rings is 2. The number of halogens is 1. The normalized spacial score (nSPS) is 10.6. The summed E-state index contributed by atoms with van der Waals surface area (Å²) in [6.07, 6.45) is 0. The predicted molar refractivity (Wildman–Crippen MR) is 95.9 cm³/mol. The Morgan fingerprint density at radius 2 is 1.96 bits per heavy atom. The van der Waals surface area contributed by atoms with Crippen LogP contribution in [0, 0.1) is 6.92 Å². The summed E-state index contributed by atoms with van der Waals surface area (Å²) in [6, 6.07) is 12.0. The SMILES string of the molecule is COc1ccc2oc(=O)c(C(=O)Nc3ccc(Br)cc3C)cc2c1. The Hall–Kier alpha value is -2.60. The van der Waals surface area contributed by atoms with Gasteiger partial charge in [-0.05, 0) is 55.0 Å². The minimum Gasteiger partial charge on any atom is -0.497 e. The van der Waals surface area contributed by atoms with Crippen molar-refractivity contribution in [1.29, 1.82) is 0 Å². The highest BCUT2D eigenvalue weighted by molar-refractivity contribution is 9.10. The first-order valence-corrected chi connectivity index (χ1v) is 7.96. The van der Waals surface area contributed by atoms with E-state index in [9.17, 15) is 9.59 Å². The first-order valence-electron chi connectivity index (χ1n) is 7.17. The van der Waals surface area contributed by atoms with Gasteiger partial charge >= 0.3 is 5.63 Å². The molecule has 24 heavy (non-hydrogen) atoms. The van der Waals surface area contributed by atoms with Gasteiger partial charge in [-0.15, -0.1) is 0 Å². The van der Waals surface area contributed by atoms with Gasteiger partial charge in [-0.25, -0.2) is 4.79 Å². The molecule has 0 aliphatic rings. The number of fused-ring (bicyclic) bond motifs is 1. The lowest BCUT2D eigenvalue weighted by Gasteiger charge is -2.09. The van der Waals surface area contributed by atoms with Crippen molar-refractivity contribution < 1.29 is 13.9 Å². The number of rotatable bonds is 3. The number of carbonyl (C=O) groups is 1. The van der Waals surface area contributed by atoms with Crippen LogP contribution in [0.1, 0.15) is 15.9 Å². The minimum absolute atomic E-state index is 0.0573. The van der Waals surface area contributed by atoms with E-state index in [1.54, 1.807) is 31.4 Å². The molecule has 6 heteroatoms. The van der Waals surface area contributed by atoms with Gasteiger partial charge in [0.2, 0.25) is 0 Å². The highest BCUT2D eigenvalue weighted by Crippen LogP contribution is 2.22. The second-order valence-electron chi connectivity index (χ2n) is 5.26. The van der Waals surface area contributed by atoms with Gasteiger partial charge in [0.25, 0.3) is 5.91 Å². The predicted octanol–water partition coefficient (Wildman–Crippen LogP) is 4.12. The van der Waals surface area contributed by atoms with Crippen molar-refractivity contribution in [3.8, 4) is 5.75 Å². The first-order chi connectivity index (χ1) is 11.5. The van der Waals surface area contributed by atoms with E-state index in [4.69, 9.17) is 9.15 Å². The molecular formula is C18H14BrNO4. The van der Waals surface area contributed by atoms with Gasteiger partial charge < -0.3 is 14.5 Å². The highest BCUT2D eigenvalue weighted by atomic mass is 79.9. The van der Waals surface area contributed by atoms with E-state index >= 15 is 0 Å². The number of hydrogen-bond donors (Lipinski definition) is 1. The quantitative estimate of drug-likeness (QED) is 0.686. The molecule has 1 amide bonds. The van der Waals surface area contributed by atoms with Crippen LogP contribution < -0.4 is 15.7 Å². The Morgan fingerprint density at radius 3 is 2.67 bits per heavy atom. The maximum atomic E-state index is 12.5. The van der Waals surface area contributed by atoms with Gasteiger partial charge in [0.05, 0.1) is 7.11 Å². The van der Waals surface area contributed by atoms with E-state index in [0.29, 0.717) is 22.4 Å². The smallest absolute Gasteiger partial charge is 0.349 e. The molecule has 0 aliphatic heterocycles. The maximum absolute atomic E-state index is 12.5. The lowest BCUT2D eigenvalue weighted by molar-refractivity contribution is 0.102. The van der Waals surface area contributed by atoms with E-state index in [1.165, 1.54) is 6.07 Å². The second kappa shape index (κ2) is 6.49. The van der Waals surface area contributed by atoms with E-state index in [1.807, 2.05) is 19.1 Å². The highest BCUT2D eigenvalue weighted by Gasteiger charge is 2.15. The summed E-state index contributed by atoms with van der Waals surface area (Å²) in [4.78, 5) is 24.5. The molecular weight excluding hydrogens is 374 g/mol. The number of aryl methyl sites for hydroxylation is 1. The summed E-state index contributed by atoms with van der Waals surface area (Å²) in [6.45, 7) is 1.87. The number of nitrogens with one attached hydrogen (secondary N) is 1. The zero-order chi connectivity index (χ0) is 17.3. The van der Waals surface area contributed by atoms with Crippen LogP contribution in [0.3, 0.4) is 0 Å². The fourth-order valence-corrected chi connectivity index (χ4v) is 2.82. The first kappa shape index (κ1) is 16.3. The molecule has 0 fully saturated rings. The lowest BCUT2D eigenvalue weighted by Crippen LogP contribution is -2.21. The topological polar surface area (TPSA) is 68.5 Å². The van der Waals surface area contributed by atoms with Crippen LogP contribution in [0.4, 0.5) is 5.69 Å². The second-order valence-corrected chi connectivity index (χ2v) is 6.18. The van der Waals surface area contributed by atoms with Gasteiger partial charge in [0, 0.05) is 15.5 Å². The third-order valence-electron chi connectivity index (χ3n) is 3.62. The Kier molecular flexibility index (Phi) is 4.40. The molecule has 0 saturated carbocycles. The summed E-state index contributed by atoms with van der Waals surface area (Å²) >= 11 is 3.37. The van der Waals surface area contributed by atoms with Crippen molar-refractivity contribution in [1.82, 2.24) is 0 Å². The molecule has 0 spiro atoms. The molecule has 0 radical (unpaired) electrons. The standard InChI is InChI=1S/C18H14BrNO4/c1-10-7-12(19)3-5-15(10)20-17(21)14-9-11-8-13(23-2)4-6-16(11)24-18(14)22/h3-9H,1-2H3,(H,20,21). The number of ether oxygens (including phenoxy) is 1. The average Bonchev–Trinajstić information content (AvgIpc) is 2.56. The fraction of sp³-hybridized carbons (Fsp3) is 0.111. The molecule has 0 bridgehead atoms. The molecule has 1 aromatic heterocycles. The van der Waals surface area contributed by atoms with Gasteiger partial charge in [-0.2, -0.15) is 0 Å². The average molecular weight is 388 g/mol. The van der Waals surface area contributed by atoms with Crippen molar-refractivity contribution in [3.63, 3.8) is 0 Å². The Balaban J connectivity index is 1.99. The van der Waals surface area contributed by atoms with Crippen LogP contribution in [0.2, 0.25) is 0 Å². The largest absolute Gasteiger partial charge is 0.497 e. The van der Waals surface area contributed by atoms with Crippen molar-refractivity contribution in [3.05, 3.63) is 68.5 Å². The lowest BCUT2D eigenvalue weighted by atomic mass is 10.1. The summed E-state index contributed by atoms with van der Waals surface area (Å²) in [7, 11) is 1.55. The van der Waals surface area contributed by atoms with Crippen LogP contribution in [-0.4, -0.2) is 13.0 Å². The van der Waals surface area contributed by atoms with Crippen LogP contribution in [0.15, 0.2) is 56.1 Å². The number of anilines is 1. The summed E-state index contributed by atoms with van der Waals surface area (Å²) in [5.41, 5.74) is 1.17. The molecule has 0 atom stereocenters. The van der Waals surface area contributed by atoms with Gasteiger partial charge in [0.1, 0.15) is 16.9 Å². The molecule has 0 saturated heterocycles. The zero-order valence-corrected chi connectivity index (χ0v) is 14.6. The molecule has 1 N–H and O–H groups in total. The Morgan fingerprint density at radius 1 is 1.17 bits per heavy atom. The van der Waals surface area contributed by atoms with Crippen LogP contribution in [0.25, 0.3) is 11.0 Å². The summed E-state index contributed by atoms with van der Waals surface area (Å²) in [5, 5.41) is 3.35. The molecule has 2 aromatic carbocycles. The van der Waals surface area contributed by atoms with Crippen molar-refractivity contribution in [2.75, 3.05) is 12.4 Å². The molecule has 0 unspecified atom stereocenters. The fourth-order valence-electron chi connectivity index (χ4n) is 2.34. The zero-order valence-electron chi connectivity index (χ0n) is 13.1. The number of amides is 1. The monoisotopic (exact) mass is 387 g/mol. The molecule has 3 rings (SSSR count). The molecule has 1 heterocycles. The molecule has 0 aliphatic carbocycles. The van der Waals surface area contributed by atoms with Crippen LogP contribution in [-0.2, 0) is 0 Å². The van der Waals surface area contributed by atoms with E-state index < -0.39 is 11.5 Å². The van der Waals surface area contributed by atoms with Crippen molar-refractivity contribution >= 4 is 38.5 Å². The molecule has 5 nitrogen and oxygen atoms in total. The Bertz CT molecular complexity index is 994. The number of methoxy groups -OCH3 is 1. The van der Waals surface area contributed by atoms with Gasteiger partial charge in [-0.1, -0.05) is 15.9 Å². The Labute approximate surface area is 146 Å². The van der Waals surface area contributed by atoms with E-state index in [2.05, 4.69) is 21.2 Å². The minimum atomic E-state index is -0.681.